The Labute approximate surface area is 138 Å². The molecule has 128 valence electrons. The number of ether oxygens (including phenoxy) is 2. The Balaban J connectivity index is 2.60. The van der Waals surface area contributed by atoms with Crippen LogP contribution in [-0.4, -0.2) is 29.8 Å². The summed E-state index contributed by atoms with van der Waals surface area (Å²) < 4.78 is 12.0. The molecule has 0 aliphatic carbocycles. The number of nitrogens with zero attached hydrogens (tertiary/aromatic N) is 1. The number of hydrogen-bond donors (Lipinski definition) is 1. The van der Waals surface area contributed by atoms with Gasteiger partial charge in [0.15, 0.2) is 17.1 Å². The summed E-state index contributed by atoms with van der Waals surface area (Å²) >= 11 is 0. The minimum Gasteiger partial charge on any atom is -0.490 e. The van der Waals surface area contributed by atoms with E-state index in [1.165, 1.54) is 0 Å². The van der Waals surface area contributed by atoms with Crippen molar-refractivity contribution in [2.24, 2.45) is 0 Å². The van der Waals surface area contributed by atoms with Gasteiger partial charge in [-0.3, -0.25) is 4.79 Å². The third-order valence-electron chi connectivity index (χ3n) is 4.42. The van der Waals surface area contributed by atoms with Gasteiger partial charge >= 0.3 is 0 Å². The highest BCUT2D eigenvalue weighted by molar-refractivity contribution is 6.03. The number of carbonyl (C=O) groups is 1. The van der Waals surface area contributed by atoms with Crippen LogP contribution in [0.2, 0.25) is 0 Å². The number of hydrogen-bond acceptors (Lipinski definition) is 4. The van der Waals surface area contributed by atoms with Crippen molar-refractivity contribution in [3.8, 4) is 11.5 Å². The molecule has 1 N–H and O–H groups in total. The molecule has 1 heterocycles. The lowest BCUT2D eigenvalue weighted by Gasteiger charge is -2.42. The number of carbonyl (C=O) groups excluding carboxylic acids is 1. The number of benzene rings is 1. The Morgan fingerprint density at radius 2 is 1.91 bits per heavy atom. The van der Waals surface area contributed by atoms with Gasteiger partial charge in [0.1, 0.15) is 0 Å². The van der Waals surface area contributed by atoms with Crippen LogP contribution >= 0.6 is 0 Å². The van der Waals surface area contributed by atoms with Crippen molar-refractivity contribution in [2.75, 3.05) is 18.1 Å². The molecule has 23 heavy (non-hydrogen) atoms. The van der Waals surface area contributed by atoms with Crippen molar-refractivity contribution in [1.29, 1.82) is 0 Å². The molecule has 0 unspecified atom stereocenters. The van der Waals surface area contributed by atoms with E-state index in [-0.39, 0.29) is 12.5 Å². The summed E-state index contributed by atoms with van der Waals surface area (Å²) in [5, 5.41) is 9.51. The maximum absolute atomic E-state index is 12.9. The predicted molar refractivity (Wildman–Crippen MR) is 90.1 cm³/mol. The molecule has 1 aromatic rings. The molecule has 0 saturated heterocycles. The fourth-order valence-electron chi connectivity index (χ4n) is 2.96. The maximum atomic E-state index is 12.9. The molecule has 1 aliphatic heterocycles. The Bertz CT molecular complexity index is 566. The predicted octanol–water partition coefficient (Wildman–Crippen LogP) is 3.27. The molecule has 0 spiro atoms. The summed E-state index contributed by atoms with van der Waals surface area (Å²) in [4.78, 5) is 14.7. The first-order valence-corrected chi connectivity index (χ1v) is 8.48. The summed E-state index contributed by atoms with van der Waals surface area (Å²) in [6.07, 6.45) is 2.09. The van der Waals surface area contributed by atoms with Gasteiger partial charge in [-0.15, -0.1) is 0 Å². The van der Waals surface area contributed by atoms with Crippen LogP contribution in [0.5, 0.6) is 11.5 Å². The van der Waals surface area contributed by atoms with Crippen molar-refractivity contribution in [2.45, 2.75) is 59.2 Å². The smallest absolute Gasteiger partial charge is 0.271 e. The van der Waals surface area contributed by atoms with Gasteiger partial charge in [-0.2, -0.15) is 0 Å². The van der Waals surface area contributed by atoms with Gasteiger partial charge in [-0.25, -0.2) is 0 Å². The van der Waals surface area contributed by atoms with Gasteiger partial charge in [0.2, 0.25) is 0 Å². The Hall–Kier alpha value is -1.75. The summed E-state index contributed by atoms with van der Waals surface area (Å²) in [6.45, 7) is 8.93. The molecule has 2 rings (SSSR count). The fraction of sp³-hybridized carbons (Fsp3) is 0.611. The first-order chi connectivity index (χ1) is 11.1. The number of amides is 1. The largest absolute Gasteiger partial charge is 0.490 e. The van der Waals surface area contributed by atoms with Crippen molar-refractivity contribution in [1.82, 2.24) is 0 Å². The lowest BCUT2D eigenvalue weighted by molar-refractivity contribution is -0.136. The van der Waals surface area contributed by atoms with Crippen LogP contribution in [0.3, 0.4) is 0 Å². The maximum Gasteiger partial charge on any atom is 0.271 e. The number of aliphatic hydroxyl groups excluding tert-OH is 1. The molecule has 0 saturated carbocycles. The van der Waals surface area contributed by atoms with Gasteiger partial charge in [-0.05, 0) is 43.9 Å². The molecule has 0 aromatic heterocycles. The molecule has 5 nitrogen and oxygen atoms in total. The zero-order valence-electron chi connectivity index (χ0n) is 14.5. The van der Waals surface area contributed by atoms with E-state index in [9.17, 15) is 9.90 Å². The van der Waals surface area contributed by atoms with E-state index in [1.807, 2.05) is 33.8 Å². The van der Waals surface area contributed by atoms with Crippen LogP contribution in [0.25, 0.3) is 0 Å². The second-order valence-electron chi connectivity index (χ2n) is 5.80. The SMILES string of the molecule is CCCOc1cc(CO)cc2c1OC(CC)(CC)C(=O)N2CC. The van der Waals surface area contributed by atoms with Crippen LogP contribution < -0.4 is 14.4 Å². The fourth-order valence-corrected chi connectivity index (χ4v) is 2.96. The number of fused-ring (bicyclic) bond motifs is 1. The highest BCUT2D eigenvalue weighted by Crippen LogP contribution is 2.47. The van der Waals surface area contributed by atoms with Crippen LogP contribution in [0.1, 0.15) is 52.5 Å². The standard InChI is InChI=1S/C18H27NO4/c1-5-9-22-15-11-13(12-20)10-14-16(15)23-18(6-2,7-3)17(21)19(14)8-4/h10-11,20H,5-9,12H2,1-4H3. The van der Waals surface area contributed by atoms with E-state index in [1.54, 1.807) is 11.0 Å². The van der Waals surface area contributed by atoms with Crippen molar-refractivity contribution >= 4 is 11.6 Å². The molecular weight excluding hydrogens is 294 g/mol. The topological polar surface area (TPSA) is 59.0 Å². The van der Waals surface area contributed by atoms with Crippen LogP contribution in [-0.2, 0) is 11.4 Å². The Morgan fingerprint density at radius 1 is 1.22 bits per heavy atom. The van der Waals surface area contributed by atoms with E-state index in [4.69, 9.17) is 9.47 Å². The minimum absolute atomic E-state index is 0.0194. The summed E-state index contributed by atoms with van der Waals surface area (Å²) in [5.41, 5.74) is 0.562. The van der Waals surface area contributed by atoms with Gasteiger partial charge in [0, 0.05) is 6.54 Å². The molecule has 0 atom stereocenters. The summed E-state index contributed by atoms with van der Waals surface area (Å²) in [6, 6.07) is 3.61. The molecule has 1 aromatic carbocycles. The second kappa shape index (κ2) is 7.21. The van der Waals surface area contributed by atoms with Crippen molar-refractivity contribution in [3.05, 3.63) is 17.7 Å². The van der Waals surface area contributed by atoms with E-state index >= 15 is 0 Å². The van der Waals surface area contributed by atoms with Gasteiger partial charge in [0.05, 0.1) is 18.9 Å². The van der Waals surface area contributed by atoms with Gasteiger partial charge in [0.25, 0.3) is 5.91 Å². The summed E-state index contributed by atoms with van der Waals surface area (Å²) in [5.74, 6) is 1.19. The minimum atomic E-state index is -0.839. The molecular formula is C18H27NO4. The lowest BCUT2D eigenvalue weighted by atomic mass is 9.92. The average Bonchev–Trinajstić information content (AvgIpc) is 2.59. The monoisotopic (exact) mass is 321 g/mol. The molecule has 0 bridgehead atoms. The van der Waals surface area contributed by atoms with E-state index in [2.05, 4.69) is 0 Å². The van der Waals surface area contributed by atoms with Crippen LogP contribution in [0, 0.1) is 0 Å². The Kier molecular flexibility index (Phi) is 5.52. The normalized spacial score (nSPS) is 16.0. The number of rotatable bonds is 7. The first kappa shape index (κ1) is 17.6. The quantitative estimate of drug-likeness (QED) is 0.837. The third kappa shape index (κ3) is 3.02. The molecule has 1 amide bonds. The highest BCUT2D eigenvalue weighted by Gasteiger charge is 2.46. The van der Waals surface area contributed by atoms with Crippen LogP contribution in [0.4, 0.5) is 5.69 Å². The molecule has 0 fully saturated rings. The Morgan fingerprint density at radius 3 is 2.43 bits per heavy atom. The first-order valence-electron chi connectivity index (χ1n) is 8.48. The second-order valence-corrected chi connectivity index (χ2v) is 5.80. The number of aliphatic hydroxyl groups is 1. The number of anilines is 1. The molecule has 5 heteroatoms. The van der Waals surface area contributed by atoms with Crippen molar-refractivity contribution < 1.29 is 19.4 Å². The zero-order chi connectivity index (χ0) is 17.0. The number of likely N-dealkylation sites (N-methyl/N-ethyl adjacent to an activating group) is 1. The third-order valence-corrected chi connectivity index (χ3v) is 4.42. The average molecular weight is 321 g/mol. The van der Waals surface area contributed by atoms with E-state index in [0.29, 0.717) is 48.7 Å². The zero-order valence-corrected chi connectivity index (χ0v) is 14.5. The lowest BCUT2D eigenvalue weighted by Crippen LogP contribution is -2.55. The molecule has 1 aliphatic rings. The van der Waals surface area contributed by atoms with E-state index in [0.717, 1.165) is 6.42 Å². The van der Waals surface area contributed by atoms with Gasteiger partial charge < -0.3 is 19.5 Å². The van der Waals surface area contributed by atoms with Crippen molar-refractivity contribution in [3.63, 3.8) is 0 Å². The van der Waals surface area contributed by atoms with Crippen LogP contribution in [0.15, 0.2) is 12.1 Å². The highest BCUT2D eigenvalue weighted by atomic mass is 16.5. The summed E-state index contributed by atoms with van der Waals surface area (Å²) in [7, 11) is 0. The molecule has 0 radical (unpaired) electrons. The van der Waals surface area contributed by atoms with E-state index < -0.39 is 5.60 Å². The van der Waals surface area contributed by atoms with Gasteiger partial charge in [-0.1, -0.05) is 20.8 Å².